The molecule has 1 aromatic rings. The number of rotatable bonds is 2. The molecule has 4 rings (SSSR count). The van der Waals surface area contributed by atoms with Crippen molar-refractivity contribution in [1.82, 2.24) is 5.32 Å². The average Bonchev–Trinajstić information content (AvgIpc) is 2.76. The van der Waals surface area contributed by atoms with Gasteiger partial charge in [-0.2, -0.15) is 0 Å². The van der Waals surface area contributed by atoms with Crippen molar-refractivity contribution in [3.05, 3.63) is 34.3 Å². The van der Waals surface area contributed by atoms with Gasteiger partial charge in [-0.3, -0.25) is 0 Å². The van der Waals surface area contributed by atoms with Crippen molar-refractivity contribution in [2.24, 2.45) is 5.92 Å². The largest absolute Gasteiger partial charge is 0.316 e. The maximum atomic E-state index is 3.57. The van der Waals surface area contributed by atoms with Gasteiger partial charge >= 0.3 is 0 Å². The molecule has 3 aliphatic rings. The number of hydrogen-bond donors (Lipinski definition) is 1. The molecule has 3 unspecified atom stereocenters. The highest BCUT2D eigenvalue weighted by Crippen LogP contribution is 2.59. The summed E-state index contributed by atoms with van der Waals surface area (Å²) >= 11 is 3.57. The highest BCUT2D eigenvalue weighted by atomic mass is 79.9. The molecule has 3 aliphatic carbocycles. The summed E-state index contributed by atoms with van der Waals surface area (Å²) in [6.45, 7) is 0. The second kappa shape index (κ2) is 3.33. The fraction of sp³-hybridized carbons (Fsp3) is 0.538. The Morgan fingerprint density at radius 3 is 3.00 bits per heavy atom. The topological polar surface area (TPSA) is 12.0 Å². The van der Waals surface area contributed by atoms with Crippen LogP contribution in [0.15, 0.2) is 28.7 Å². The van der Waals surface area contributed by atoms with Crippen LogP contribution >= 0.6 is 15.9 Å². The summed E-state index contributed by atoms with van der Waals surface area (Å²) in [6.07, 6.45) is 4.15. The van der Waals surface area contributed by atoms with Crippen molar-refractivity contribution < 1.29 is 0 Å². The Morgan fingerprint density at radius 1 is 1.47 bits per heavy atom. The minimum absolute atomic E-state index is 0.448. The molecule has 1 N–H and O–H groups in total. The Morgan fingerprint density at radius 2 is 2.33 bits per heavy atom. The quantitative estimate of drug-likeness (QED) is 0.867. The molecule has 80 valence electrons. The zero-order valence-electron chi connectivity index (χ0n) is 8.96. The maximum absolute atomic E-state index is 3.57. The van der Waals surface area contributed by atoms with E-state index in [0.29, 0.717) is 11.5 Å². The van der Waals surface area contributed by atoms with Crippen LogP contribution in [-0.2, 0) is 5.41 Å². The van der Waals surface area contributed by atoms with E-state index in [0.717, 1.165) is 5.92 Å². The fourth-order valence-electron chi connectivity index (χ4n) is 3.72. The second-order valence-corrected chi connectivity index (χ2v) is 5.85. The normalized spacial score (nSPS) is 37.7. The van der Waals surface area contributed by atoms with Gasteiger partial charge in [-0.15, -0.1) is 0 Å². The van der Waals surface area contributed by atoms with Crippen molar-refractivity contribution in [2.45, 2.75) is 30.7 Å². The molecule has 3 saturated carbocycles. The zero-order valence-corrected chi connectivity index (χ0v) is 10.5. The second-order valence-electron chi connectivity index (χ2n) is 4.94. The Labute approximate surface area is 99.4 Å². The molecule has 15 heavy (non-hydrogen) atoms. The lowest BCUT2D eigenvalue weighted by Crippen LogP contribution is -2.55. The van der Waals surface area contributed by atoms with Gasteiger partial charge in [0.15, 0.2) is 0 Å². The molecule has 0 aliphatic heterocycles. The predicted molar refractivity (Wildman–Crippen MR) is 66.0 cm³/mol. The highest BCUT2D eigenvalue weighted by molar-refractivity contribution is 9.10. The summed E-state index contributed by atoms with van der Waals surface area (Å²) in [6, 6.07) is 9.57. The first-order chi connectivity index (χ1) is 7.26. The number of halogens is 1. The Kier molecular flexibility index (Phi) is 2.18. The smallest absolute Gasteiger partial charge is 0.0190 e. The van der Waals surface area contributed by atoms with Gasteiger partial charge in [0.25, 0.3) is 0 Å². The van der Waals surface area contributed by atoms with Crippen LogP contribution in [0, 0.1) is 5.92 Å². The van der Waals surface area contributed by atoms with Gasteiger partial charge in [-0.25, -0.2) is 0 Å². The Bertz CT molecular complexity index is 386. The molecule has 2 bridgehead atoms. The molecular formula is C13H16BrN. The predicted octanol–water partition coefficient (Wildman–Crippen LogP) is 3.09. The molecule has 1 nitrogen and oxygen atoms in total. The van der Waals surface area contributed by atoms with Crippen LogP contribution in [-0.4, -0.2) is 13.1 Å². The molecule has 0 spiro atoms. The van der Waals surface area contributed by atoms with Crippen molar-refractivity contribution in [1.29, 1.82) is 0 Å². The van der Waals surface area contributed by atoms with Gasteiger partial charge in [0, 0.05) is 15.9 Å². The lowest BCUT2D eigenvalue weighted by molar-refractivity contribution is 0.157. The maximum Gasteiger partial charge on any atom is 0.0190 e. The van der Waals surface area contributed by atoms with E-state index in [-0.39, 0.29) is 0 Å². The SMILES string of the molecule is CNC1C2CCC1(c1cccc(Br)c1)C2. The van der Waals surface area contributed by atoms with Crippen LogP contribution < -0.4 is 5.32 Å². The lowest BCUT2D eigenvalue weighted by atomic mass is 9.61. The number of fused-ring (bicyclic) bond motifs is 1. The van der Waals surface area contributed by atoms with E-state index in [1.807, 2.05) is 0 Å². The lowest BCUT2D eigenvalue weighted by Gasteiger charge is -2.48. The third kappa shape index (κ3) is 1.24. The summed E-state index contributed by atoms with van der Waals surface area (Å²) in [5, 5.41) is 3.51. The van der Waals surface area contributed by atoms with E-state index in [1.54, 1.807) is 0 Å². The van der Waals surface area contributed by atoms with E-state index in [4.69, 9.17) is 0 Å². The van der Waals surface area contributed by atoms with Crippen LogP contribution in [0.5, 0.6) is 0 Å². The molecular weight excluding hydrogens is 250 g/mol. The number of benzene rings is 1. The van der Waals surface area contributed by atoms with Crippen molar-refractivity contribution in [2.75, 3.05) is 7.05 Å². The monoisotopic (exact) mass is 265 g/mol. The Balaban J connectivity index is 2.00. The number of likely N-dealkylation sites (N-methyl/N-ethyl adjacent to an activating group) is 1. The number of nitrogens with one attached hydrogen (secondary N) is 1. The van der Waals surface area contributed by atoms with E-state index >= 15 is 0 Å². The van der Waals surface area contributed by atoms with E-state index in [1.165, 1.54) is 29.3 Å². The fourth-order valence-corrected chi connectivity index (χ4v) is 4.12. The summed E-state index contributed by atoms with van der Waals surface area (Å²) < 4.78 is 1.21. The average molecular weight is 266 g/mol. The first-order valence-electron chi connectivity index (χ1n) is 5.69. The molecule has 1 aromatic carbocycles. The standard InChI is InChI=1S/C13H16BrN/c1-15-12-9-5-6-13(12,8-9)10-3-2-4-11(14)7-10/h2-4,7,9,12,15H,5-6,8H2,1H3. The van der Waals surface area contributed by atoms with Gasteiger partial charge in [0.05, 0.1) is 0 Å². The van der Waals surface area contributed by atoms with Crippen LogP contribution in [0.2, 0.25) is 0 Å². The third-order valence-corrected chi connectivity index (χ3v) is 4.86. The molecule has 0 saturated heterocycles. The van der Waals surface area contributed by atoms with Gasteiger partial charge in [0.1, 0.15) is 0 Å². The van der Waals surface area contributed by atoms with Gasteiger partial charge in [-0.05, 0) is 49.9 Å². The summed E-state index contributed by atoms with van der Waals surface area (Å²) in [5.74, 6) is 0.925. The van der Waals surface area contributed by atoms with E-state index in [2.05, 4.69) is 52.6 Å². The first kappa shape index (κ1) is 9.86. The zero-order chi connectivity index (χ0) is 10.5. The number of hydrogen-bond acceptors (Lipinski definition) is 1. The molecule has 3 atom stereocenters. The molecule has 3 fully saturated rings. The van der Waals surface area contributed by atoms with E-state index in [9.17, 15) is 0 Å². The van der Waals surface area contributed by atoms with E-state index < -0.39 is 0 Å². The minimum Gasteiger partial charge on any atom is -0.316 e. The third-order valence-electron chi connectivity index (χ3n) is 4.36. The first-order valence-corrected chi connectivity index (χ1v) is 6.49. The van der Waals surface area contributed by atoms with Crippen molar-refractivity contribution in [3.8, 4) is 0 Å². The molecule has 0 aromatic heterocycles. The molecule has 0 amide bonds. The summed E-state index contributed by atoms with van der Waals surface area (Å²) in [7, 11) is 2.11. The highest BCUT2D eigenvalue weighted by Gasteiger charge is 2.58. The van der Waals surface area contributed by atoms with Crippen molar-refractivity contribution in [3.63, 3.8) is 0 Å². The molecule has 0 heterocycles. The van der Waals surface area contributed by atoms with Gasteiger partial charge < -0.3 is 5.32 Å². The Hall–Kier alpha value is -0.340. The van der Waals surface area contributed by atoms with Crippen molar-refractivity contribution >= 4 is 15.9 Å². The van der Waals surface area contributed by atoms with Crippen LogP contribution in [0.25, 0.3) is 0 Å². The molecule has 0 radical (unpaired) electrons. The van der Waals surface area contributed by atoms with Crippen LogP contribution in [0.3, 0.4) is 0 Å². The summed E-state index contributed by atoms with van der Waals surface area (Å²) in [4.78, 5) is 0. The van der Waals surface area contributed by atoms with Crippen LogP contribution in [0.4, 0.5) is 0 Å². The van der Waals surface area contributed by atoms with Gasteiger partial charge in [0.2, 0.25) is 0 Å². The molecule has 2 heteroatoms. The van der Waals surface area contributed by atoms with Gasteiger partial charge in [-0.1, -0.05) is 28.1 Å². The minimum atomic E-state index is 0.448. The summed E-state index contributed by atoms with van der Waals surface area (Å²) in [5.41, 5.74) is 1.97. The van der Waals surface area contributed by atoms with Crippen LogP contribution in [0.1, 0.15) is 24.8 Å².